The van der Waals surface area contributed by atoms with E-state index in [1.54, 1.807) is 0 Å². The lowest BCUT2D eigenvalue weighted by Crippen LogP contribution is -2.41. The number of anilines is 1. The molecule has 0 saturated heterocycles. The Labute approximate surface area is 104 Å². The lowest BCUT2D eigenvalue weighted by molar-refractivity contribution is 0.430. The Morgan fingerprint density at radius 2 is 1.71 bits per heavy atom. The standard InChI is InChI=1S/C13H24N4/c1-10-9-11(2)16-12(15-10)17(6)8-7-14-13(3,4)5/h9,14H,7-8H2,1-6H3. The molecule has 0 saturated carbocycles. The van der Waals surface area contributed by atoms with Crippen molar-refractivity contribution in [3.8, 4) is 0 Å². The molecule has 0 fully saturated rings. The predicted octanol–water partition coefficient (Wildman–Crippen LogP) is 1.92. The average Bonchev–Trinajstić information content (AvgIpc) is 2.13. The lowest BCUT2D eigenvalue weighted by atomic mass is 10.1. The topological polar surface area (TPSA) is 41.1 Å². The van der Waals surface area contributed by atoms with Gasteiger partial charge in [0.1, 0.15) is 0 Å². The summed E-state index contributed by atoms with van der Waals surface area (Å²) in [5, 5.41) is 3.45. The van der Waals surface area contributed by atoms with Gasteiger partial charge in [0.15, 0.2) is 0 Å². The van der Waals surface area contributed by atoms with Gasteiger partial charge in [0.25, 0.3) is 0 Å². The molecule has 0 aliphatic heterocycles. The van der Waals surface area contributed by atoms with E-state index in [1.807, 2.05) is 27.0 Å². The Morgan fingerprint density at radius 3 is 2.18 bits per heavy atom. The van der Waals surface area contributed by atoms with Crippen LogP contribution in [0.4, 0.5) is 5.95 Å². The van der Waals surface area contributed by atoms with Crippen molar-refractivity contribution in [2.75, 3.05) is 25.0 Å². The molecule has 0 aromatic carbocycles. The Hall–Kier alpha value is -1.16. The smallest absolute Gasteiger partial charge is 0.225 e. The first-order valence-electron chi connectivity index (χ1n) is 6.06. The van der Waals surface area contributed by atoms with E-state index >= 15 is 0 Å². The van der Waals surface area contributed by atoms with Gasteiger partial charge in [-0.2, -0.15) is 0 Å². The van der Waals surface area contributed by atoms with Crippen LogP contribution in [0, 0.1) is 13.8 Å². The number of nitrogens with one attached hydrogen (secondary N) is 1. The first kappa shape index (κ1) is 13.9. The molecule has 0 aliphatic rings. The van der Waals surface area contributed by atoms with Crippen LogP contribution in [0.15, 0.2) is 6.07 Å². The maximum Gasteiger partial charge on any atom is 0.225 e. The zero-order valence-electron chi connectivity index (χ0n) is 11.8. The summed E-state index contributed by atoms with van der Waals surface area (Å²) >= 11 is 0. The minimum Gasteiger partial charge on any atom is -0.343 e. The lowest BCUT2D eigenvalue weighted by Gasteiger charge is -2.23. The SMILES string of the molecule is Cc1cc(C)nc(N(C)CCNC(C)(C)C)n1. The van der Waals surface area contributed by atoms with Gasteiger partial charge in [-0.15, -0.1) is 0 Å². The molecule has 0 unspecified atom stereocenters. The quantitative estimate of drug-likeness (QED) is 0.867. The number of aromatic nitrogens is 2. The van der Waals surface area contributed by atoms with E-state index in [9.17, 15) is 0 Å². The van der Waals surface area contributed by atoms with Gasteiger partial charge in [-0.05, 0) is 40.7 Å². The number of hydrogen-bond acceptors (Lipinski definition) is 4. The molecule has 0 radical (unpaired) electrons. The Morgan fingerprint density at radius 1 is 1.18 bits per heavy atom. The van der Waals surface area contributed by atoms with Crippen molar-refractivity contribution in [3.63, 3.8) is 0 Å². The molecule has 0 aliphatic carbocycles. The van der Waals surface area contributed by atoms with Gasteiger partial charge in [-0.3, -0.25) is 0 Å². The summed E-state index contributed by atoms with van der Waals surface area (Å²) in [7, 11) is 2.03. The third kappa shape index (κ3) is 5.13. The fourth-order valence-electron chi connectivity index (χ4n) is 1.58. The third-order valence-corrected chi connectivity index (χ3v) is 2.41. The van der Waals surface area contributed by atoms with E-state index in [1.165, 1.54) is 0 Å². The molecule has 4 nitrogen and oxygen atoms in total. The molecule has 96 valence electrons. The van der Waals surface area contributed by atoms with Gasteiger partial charge in [-0.1, -0.05) is 0 Å². The van der Waals surface area contributed by atoms with E-state index in [2.05, 4.69) is 41.0 Å². The highest BCUT2D eigenvalue weighted by Crippen LogP contribution is 2.07. The molecular formula is C13H24N4. The summed E-state index contributed by atoms with van der Waals surface area (Å²) in [5.41, 5.74) is 2.19. The normalized spacial score (nSPS) is 11.6. The number of rotatable bonds is 4. The summed E-state index contributed by atoms with van der Waals surface area (Å²) in [6.45, 7) is 12.3. The van der Waals surface area contributed by atoms with E-state index in [0.29, 0.717) is 0 Å². The highest BCUT2D eigenvalue weighted by atomic mass is 15.2. The van der Waals surface area contributed by atoms with Gasteiger partial charge in [0.2, 0.25) is 5.95 Å². The molecule has 0 bridgehead atoms. The van der Waals surface area contributed by atoms with Crippen LogP contribution in [-0.2, 0) is 0 Å². The van der Waals surface area contributed by atoms with Gasteiger partial charge in [0.05, 0.1) is 0 Å². The highest BCUT2D eigenvalue weighted by Gasteiger charge is 2.10. The van der Waals surface area contributed by atoms with Gasteiger partial charge >= 0.3 is 0 Å². The first-order chi connectivity index (χ1) is 7.78. The van der Waals surface area contributed by atoms with Crippen LogP contribution in [0.2, 0.25) is 0 Å². The van der Waals surface area contributed by atoms with Crippen molar-refractivity contribution in [3.05, 3.63) is 17.5 Å². The summed E-state index contributed by atoms with van der Waals surface area (Å²) in [6, 6.07) is 1.99. The predicted molar refractivity (Wildman–Crippen MR) is 72.5 cm³/mol. The second-order valence-electron chi connectivity index (χ2n) is 5.55. The molecule has 1 heterocycles. The Balaban J connectivity index is 2.55. The molecule has 1 aromatic heterocycles. The van der Waals surface area contributed by atoms with Crippen molar-refractivity contribution in [1.82, 2.24) is 15.3 Å². The molecular weight excluding hydrogens is 212 g/mol. The van der Waals surface area contributed by atoms with Crippen LogP contribution >= 0.6 is 0 Å². The summed E-state index contributed by atoms with van der Waals surface area (Å²) in [6.07, 6.45) is 0. The summed E-state index contributed by atoms with van der Waals surface area (Å²) in [4.78, 5) is 11.0. The molecule has 0 amide bonds. The number of aryl methyl sites for hydroxylation is 2. The zero-order valence-corrected chi connectivity index (χ0v) is 11.8. The molecule has 0 atom stereocenters. The van der Waals surface area contributed by atoms with Crippen LogP contribution in [0.3, 0.4) is 0 Å². The number of hydrogen-bond donors (Lipinski definition) is 1. The van der Waals surface area contributed by atoms with Crippen molar-refractivity contribution in [2.45, 2.75) is 40.2 Å². The van der Waals surface area contributed by atoms with Crippen LogP contribution in [0.1, 0.15) is 32.2 Å². The van der Waals surface area contributed by atoms with Crippen LogP contribution in [0.5, 0.6) is 0 Å². The summed E-state index contributed by atoms with van der Waals surface area (Å²) < 4.78 is 0. The molecule has 4 heteroatoms. The van der Waals surface area contributed by atoms with Crippen LogP contribution in [-0.4, -0.2) is 35.6 Å². The van der Waals surface area contributed by atoms with Gasteiger partial charge < -0.3 is 10.2 Å². The fraction of sp³-hybridized carbons (Fsp3) is 0.692. The summed E-state index contributed by atoms with van der Waals surface area (Å²) in [5.74, 6) is 0.804. The molecule has 1 rings (SSSR count). The molecule has 17 heavy (non-hydrogen) atoms. The van der Waals surface area contributed by atoms with Gasteiger partial charge in [-0.25, -0.2) is 9.97 Å². The highest BCUT2D eigenvalue weighted by molar-refractivity contribution is 5.30. The molecule has 1 aromatic rings. The van der Waals surface area contributed by atoms with Gasteiger partial charge in [0, 0.05) is 37.1 Å². The second-order valence-corrected chi connectivity index (χ2v) is 5.55. The zero-order chi connectivity index (χ0) is 13.1. The minimum absolute atomic E-state index is 0.157. The van der Waals surface area contributed by atoms with E-state index in [4.69, 9.17) is 0 Å². The monoisotopic (exact) mass is 236 g/mol. The maximum absolute atomic E-state index is 4.44. The van der Waals surface area contributed by atoms with E-state index in [-0.39, 0.29) is 5.54 Å². The van der Waals surface area contributed by atoms with E-state index < -0.39 is 0 Å². The van der Waals surface area contributed by atoms with Crippen molar-refractivity contribution in [2.24, 2.45) is 0 Å². The Bertz CT molecular complexity index is 348. The third-order valence-electron chi connectivity index (χ3n) is 2.41. The first-order valence-corrected chi connectivity index (χ1v) is 6.06. The van der Waals surface area contributed by atoms with Crippen molar-refractivity contribution < 1.29 is 0 Å². The Kier molecular flexibility index (Phi) is 4.46. The second kappa shape index (κ2) is 5.45. The largest absolute Gasteiger partial charge is 0.343 e. The van der Waals surface area contributed by atoms with Crippen molar-refractivity contribution >= 4 is 5.95 Å². The average molecular weight is 236 g/mol. The number of nitrogens with zero attached hydrogens (tertiary/aromatic N) is 3. The van der Waals surface area contributed by atoms with Crippen molar-refractivity contribution in [1.29, 1.82) is 0 Å². The maximum atomic E-state index is 4.44. The van der Waals surface area contributed by atoms with Crippen LogP contribution < -0.4 is 10.2 Å². The molecule has 1 N–H and O–H groups in total. The fourth-order valence-corrected chi connectivity index (χ4v) is 1.58. The minimum atomic E-state index is 0.157. The van der Waals surface area contributed by atoms with Crippen LogP contribution in [0.25, 0.3) is 0 Å². The number of likely N-dealkylation sites (N-methyl/N-ethyl adjacent to an activating group) is 1. The molecule has 0 spiro atoms. The van der Waals surface area contributed by atoms with E-state index in [0.717, 1.165) is 30.4 Å².